The maximum atomic E-state index is 7.38. The van der Waals surface area contributed by atoms with E-state index in [0.717, 1.165) is 29.0 Å². The largest absolute Gasteiger partial charge is 0.496 e. The molecule has 1 aromatic carbocycles. The van der Waals surface area contributed by atoms with Crippen LogP contribution in [0.2, 0.25) is 0 Å². The molecule has 0 saturated carbocycles. The standard InChI is InChI=1S/C13H18N2O/c1-4-15-9-12(8-14)11-5-6-13(16-3)10(2)7-11/h5-9,14-15H,4H2,1-3H3/b12-9+,14-8?. The first kappa shape index (κ1) is 12.3. The molecule has 3 nitrogen and oxygen atoms in total. The lowest BCUT2D eigenvalue weighted by atomic mass is 10.0. The minimum atomic E-state index is 0.854. The van der Waals surface area contributed by atoms with Crippen LogP contribution in [0.15, 0.2) is 24.4 Å². The lowest BCUT2D eigenvalue weighted by molar-refractivity contribution is 0.411. The van der Waals surface area contributed by atoms with E-state index in [-0.39, 0.29) is 0 Å². The highest BCUT2D eigenvalue weighted by molar-refractivity contribution is 6.08. The monoisotopic (exact) mass is 218 g/mol. The average molecular weight is 218 g/mol. The van der Waals surface area contributed by atoms with Crippen LogP contribution < -0.4 is 10.1 Å². The van der Waals surface area contributed by atoms with Gasteiger partial charge in [0, 0.05) is 24.5 Å². The number of ether oxygens (including phenoxy) is 1. The Kier molecular flexibility index (Phi) is 4.58. The van der Waals surface area contributed by atoms with E-state index in [1.165, 1.54) is 6.21 Å². The molecule has 0 saturated heterocycles. The van der Waals surface area contributed by atoms with Gasteiger partial charge in [0.1, 0.15) is 5.75 Å². The van der Waals surface area contributed by atoms with E-state index in [0.29, 0.717) is 0 Å². The number of aryl methyl sites for hydroxylation is 1. The van der Waals surface area contributed by atoms with E-state index in [1.54, 1.807) is 7.11 Å². The van der Waals surface area contributed by atoms with Crippen molar-refractivity contribution in [2.24, 2.45) is 0 Å². The zero-order chi connectivity index (χ0) is 12.0. The molecule has 0 spiro atoms. The van der Waals surface area contributed by atoms with Crippen molar-refractivity contribution in [3.8, 4) is 5.75 Å². The molecule has 1 aromatic rings. The zero-order valence-corrected chi connectivity index (χ0v) is 10.0. The van der Waals surface area contributed by atoms with Crippen molar-refractivity contribution >= 4 is 11.8 Å². The van der Waals surface area contributed by atoms with Crippen molar-refractivity contribution in [1.29, 1.82) is 5.41 Å². The molecule has 1 rings (SSSR count). The maximum absolute atomic E-state index is 7.38. The van der Waals surface area contributed by atoms with Crippen LogP contribution in [0.4, 0.5) is 0 Å². The quantitative estimate of drug-likeness (QED) is 0.746. The summed E-state index contributed by atoms with van der Waals surface area (Å²) in [6.45, 7) is 4.88. The highest BCUT2D eigenvalue weighted by atomic mass is 16.5. The minimum absolute atomic E-state index is 0.854. The highest BCUT2D eigenvalue weighted by Gasteiger charge is 2.02. The normalized spacial score (nSPS) is 11.1. The molecule has 2 N–H and O–H groups in total. The molecule has 0 fully saturated rings. The van der Waals surface area contributed by atoms with E-state index in [1.807, 2.05) is 38.2 Å². The third-order valence-electron chi connectivity index (χ3n) is 2.35. The van der Waals surface area contributed by atoms with Gasteiger partial charge in [0.25, 0.3) is 0 Å². The minimum Gasteiger partial charge on any atom is -0.496 e. The first-order valence-electron chi connectivity index (χ1n) is 5.32. The van der Waals surface area contributed by atoms with Crippen molar-refractivity contribution in [2.45, 2.75) is 13.8 Å². The Labute approximate surface area is 96.6 Å². The molecule has 86 valence electrons. The van der Waals surface area contributed by atoms with Crippen LogP contribution in [-0.4, -0.2) is 19.9 Å². The summed E-state index contributed by atoms with van der Waals surface area (Å²) >= 11 is 0. The van der Waals surface area contributed by atoms with Crippen LogP contribution in [0.5, 0.6) is 5.75 Å². The van der Waals surface area contributed by atoms with Gasteiger partial charge in [-0.25, -0.2) is 0 Å². The molecule has 0 aromatic heterocycles. The topological polar surface area (TPSA) is 45.1 Å². The van der Waals surface area contributed by atoms with E-state index in [9.17, 15) is 0 Å². The lowest BCUT2D eigenvalue weighted by Crippen LogP contribution is -2.04. The van der Waals surface area contributed by atoms with E-state index in [2.05, 4.69) is 5.32 Å². The highest BCUT2D eigenvalue weighted by Crippen LogP contribution is 2.21. The first-order chi connectivity index (χ1) is 7.72. The SMILES string of the molecule is CCN/C=C(\C=N)c1ccc(OC)c(C)c1. The van der Waals surface area contributed by atoms with Gasteiger partial charge in [-0.15, -0.1) is 0 Å². The summed E-state index contributed by atoms with van der Waals surface area (Å²) in [7, 11) is 1.66. The van der Waals surface area contributed by atoms with Crippen LogP contribution >= 0.6 is 0 Å². The van der Waals surface area contributed by atoms with Crippen LogP contribution in [0, 0.1) is 12.3 Å². The predicted octanol–water partition coefficient (Wildman–Crippen LogP) is 2.60. The Hall–Kier alpha value is -1.77. The summed E-state index contributed by atoms with van der Waals surface area (Å²) < 4.78 is 5.20. The number of allylic oxidation sites excluding steroid dienone is 1. The van der Waals surface area contributed by atoms with Gasteiger partial charge in [-0.05, 0) is 37.1 Å². The van der Waals surface area contributed by atoms with E-state index < -0.39 is 0 Å². The molecular formula is C13H18N2O. The second-order valence-corrected chi connectivity index (χ2v) is 3.49. The Morgan fingerprint density at radius 2 is 2.25 bits per heavy atom. The van der Waals surface area contributed by atoms with Crippen molar-refractivity contribution in [2.75, 3.05) is 13.7 Å². The van der Waals surface area contributed by atoms with Crippen LogP contribution in [0.1, 0.15) is 18.1 Å². The number of hydrogen-bond donors (Lipinski definition) is 2. The van der Waals surface area contributed by atoms with Crippen molar-refractivity contribution < 1.29 is 4.74 Å². The number of rotatable bonds is 5. The zero-order valence-electron chi connectivity index (χ0n) is 10.0. The van der Waals surface area contributed by atoms with Crippen molar-refractivity contribution in [3.63, 3.8) is 0 Å². The molecule has 0 radical (unpaired) electrons. The molecule has 0 aliphatic rings. The summed E-state index contributed by atoms with van der Waals surface area (Å²) in [5, 5.41) is 10.5. The van der Waals surface area contributed by atoms with Crippen molar-refractivity contribution in [1.82, 2.24) is 5.32 Å². The lowest BCUT2D eigenvalue weighted by Gasteiger charge is -2.08. The molecule has 3 heteroatoms. The Balaban J connectivity index is 3.03. The number of methoxy groups -OCH3 is 1. The summed E-state index contributed by atoms with van der Waals surface area (Å²) in [6, 6.07) is 5.90. The molecule has 0 unspecified atom stereocenters. The van der Waals surface area contributed by atoms with Gasteiger partial charge in [0.05, 0.1) is 7.11 Å². The van der Waals surface area contributed by atoms with Gasteiger partial charge in [-0.3, -0.25) is 0 Å². The average Bonchev–Trinajstić information content (AvgIpc) is 2.30. The molecule has 0 bridgehead atoms. The molecule has 0 aliphatic carbocycles. The van der Waals surface area contributed by atoms with Crippen LogP contribution in [0.3, 0.4) is 0 Å². The smallest absolute Gasteiger partial charge is 0.121 e. The number of nitrogens with one attached hydrogen (secondary N) is 2. The summed E-state index contributed by atoms with van der Waals surface area (Å²) in [5.41, 5.74) is 2.96. The summed E-state index contributed by atoms with van der Waals surface area (Å²) in [6.07, 6.45) is 3.21. The van der Waals surface area contributed by atoms with E-state index in [4.69, 9.17) is 10.1 Å². The first-order valence-corrected chi connectivity index (χ1v) is 5.32. The Morgan fingerprint density at radius 1 is 1.50 bits per heavy atom. The number of benzene rings is 1. The molecule has 0 amide bonds. The van der Waals surface area contributed by atoms with E-state index >= 15 is 0 Å². The molecule has 0 heterocycles. The fourth-order valence-electron chi connectivity index (χ4n) is 1.48. The molecule has 16 heavy (non-hydrogen) atoms. The number of hydrogen-bond acceptors (Lipinski definition) is 3. The Morgan fingerprint density at radius 3 is 2.75 bits per heavy atom. The van der Waals surface area contributed by atoms with Gasteiger partial charge in [0.2, 0.25) is 0 Å². The third kappa shape index (κ3) is 2.86. The molecular weight excluding hydrogens is 200 g/mol. The van der Waals surface area contributed by atoms with Gasteiger partial charge in [-0.1, -0.05) is 6.07 Å². The fraction of sp³-hybridized carbons (Fsp3) is 0.308. The predicted molar refractivity (Wildman–Crippen MR) is 68.2 cm³/mol. The van der Waals surface area contributed by atoms with Gasteiger partial charge in [0.15, 0.2) is 0 Å². The maximum Gasteiger partial charge on any atom is 0.121 e. The van der Waals surface area contributed by atoms with Crippen LogP contribution in [0.25, 0.3) is 5.57 Å². The second-order valence-electron chi connectivity index (χ2n) is 3.49. The van der Waals surface area contributed by atoms with Gasteiger partial charge < -0.3 is 15.5 Å². The summed E-state index contributed by atoms with van der Waals surface area (Å²) in [5.74, 6) is 0.872. The van der Waals surface area contributed by atoms with Gasteiger partial charge >= 0.3 is 0 Å². The second kappa shape index (κ2) is 5.95. The third-order valence-corrected chi connectivity index (χ3v) is 2.35. The van der Waals surface area contributed by atoms with Crippen molar-refractivity contribution in [3.05, 3.63) is 35.5 Å². The van der Waals surface area contributed by atoms with Crippen LogP contribution in [-0.2, 0) is 0 Å². The van der Waals surface area contributed by atoms with Gasteiger partial charge in [-0.2, -0.15) is 0 Å². The summed E-state index contributed by atoms with van der Waals surface area (Å²) in [4.78, 5) is 0. The Bertz CT molecular complexity index is 397. The fourth-order valence-corrected chi connectivity index (χ4v) is 1.48. The molecule has 0 atom stereocenters. The molecule has 0 aliphatic heterocycles.